The first kappa shape index (κ1) is 16.9. The summed E-state index contributed by atoms with van der Waals surface area (Å²) >= 11 is 13.6. The first-order chi connectivity index (χ1) is 12.5. The van der Waals surface area contributed by atoms with Crippen molar-refractivity contribution < 1.29 is 14.3 Å². The van der Waals surface area contributed by atoms with E-state index < -0.39 is 5.92 Å². The molecule has 26 heavy (non-hydrogen) atoms. The van der Waals surface area contributed by atoms with E-state index in [1.165, 1.54) is 11.3 Å². The largest absolute Gasteiger partial charge is 0.373 e. The number of benzene rings is 1. The minimum atomic E-state index is -0.746. The van der Waals surface area contributed by atoms with Crippen LogP contribution in [0.4, 0.5) is 0 Å². The molecule has 4 nitrogen and oxygen atoms in total. The molecule has 1 aromatic heterocycles. The van der Waals surface area contributed by atoms with Crippen molar-refractivity contribution >= 4 is 46.1 Å². The van der Waals surface area contributed by atoms with Gasteiger partial charge in [-0.3, -0.25) is 9.59 Å². The molecule has 3 fully saturated rings. The van der Waals surface area contributed by atoms with Gasteiger partial charge in [0.2, 0.25) is 0 Å². The summed E-state index contributed by atoms with van der Waals surface area (Å²) < 4.78 is 5.81. The van der Waals surface area contributed by atoms with Gasteiger partial charge in [0.25, 0.3) is 0 Å². The molecule has 2 aliphatic heterocycles. The molecule has 5 rings (SSSR count). The van der Waals surface area contributed by atoms with Crippen molar-refractivity contribution in [2.24, 2.45) is 11.8 Å². The lowest BCUT2D eigenvalue weighted by atomic mass is 9.81. The zero-order valence-corrected chi connectivity index (χ0v) is 16.2. The first-order valence-electron chi connectivity index (χ1n) is 8.61. The topological polar surface area (TPSA) is 56.3 Å². The van der Waals surface area contributed by atoms with Crippen molar-refractivity contribution in [2.75, 3.05) is 0 Å². The highest BCUT2D eigenvalue weighted by molar-refractivity contribution is 7.15. The number of hydrogen-bond acceptors (Lipinski definition) is 5. The molecule has 7 heteroatoms. The number of nitrogens with zero attached hydrogens (tertiary/aromatic N) is 1. The van der Waals surface area contributed by atoms with E-state index in [1.807, 2.05) is 13.0 Å². The second kappa shape index (κ2) is 5.86. The van der Waals surface area contributed by atoms with Gasteiger partial charge in [-0.05, 0) is 31.9 Å². The van der Waals surface area contributed by atoms with Gasteiger partial charge in [-0.15, -0.1) is 11.3 Å². The summed E-state index contributed by atoms with van der Waals surface area (Å²) in [6, 6.07) is 5.32. The molecule has 2 aromatic rings. The van der Waals surface area contributed by atoms with Crippen molar-refractivity contribution in [2.45, 2.75) is 37.9 Å². The smallest absolute Gasteiger partial charge is 0.155 e. The predicted molar refractivity (Wildman–Crippen MR) is 99.9 cm³/mol. The minimum Gasteiger partial charge on any atom is -0.373 e. The number of aryl methyl sites for hydroxylation is 1. The van der Waals surface area contributed by atoms with E-state index in [2.05, 4.69) is 4.98 Å². The number of carbonyl (C=O) groups excluding carboxylic acids is 2. The fraction of sp³-hybridized carbons (Fsp3) is 0.421. The van der Waals surface area contributed by atoms with Crippen LogP contribution in [0.2, 0.25) is 10.0 Å². The fourth-order valence-electron chi connectivity index (χ4n) is 4.62. The molecule has 3 heterocycles. The van der Waals surface area contributed by atoms with E-state index in [0.717, 1.165) is 28.3 Å². The molecule has 1 unspecified atom stereocenters. The van der Waals surface area contributed by atoms with Crippen LogP contribution in [0.25, 0.3) is 10.6 Å². The van der Waals surface area contributed by atoms with Gasteiger partial charge in [-0.2, -0.15) is 0 Å². The van der Waals surface area contributed by atoms with Gasteiger partial charge in [0.05, 0.1) is 39.8 Å². The van der Waals surface area contributed by atoms with Gasteiger partial charge >= 0.3 is 0 Å². The molecule has 2 bridgehead atoms. The fourth-order valence-corrected chi connectivity index (χ4v) is 5.87. The normalized spacial score (nSPS) is 32.5. The van der Waals surface area contributed by atoms with E-state index in [1.54, 1.807) is 12.1 Å². The van der Waals surface area contributed by atoms with E-state index in [-0.39, 0.29) is 35.6 Å². The van der Waals surface area contributed by atoms with Crippen LogP contribution in [0.3, 0.4) is 0 Å². The second-order valence-corrected chi connectivity index (χ2v) is 9.19. The molecule has 0 N–H and O–H groups in total. The van der Waals surface area contributed by atoms with Crippen molar-refractivity contribution in [1.29, 1.82) is 0 Å². The Balaban J connectivity index is 1.53. The zero-order chi connectivity index (χ0) is 18.2. The van der Waals surface area contributed by atoms with E-state index in [0.29, 0.717) is 15.7 Å². The van der Waals surface area contributed by atoms with Crippen LogP contribution in [0.5, 0.6) is 0 Å². The van der Waals surface area contributed by atoms with Gasteiger partial charge in [0, 0.05) is 10.4 Å². The highest BCUT2D eigenvalue weighted by atomic mass is 35.5. The first-order valence-corrected chi connectivity index (χ1v) is 10.2. The van der Waals surface area contributed by atoms with Crippen LogP contribution < -0.4 is 0 Å². The van der Waals surface area contributed by atoms with Gasteiger partial charge in [0.15, 0.2) is 11.6 Å². The van der Waals surface area contributed by atoms with Crippen molar-refractivity contribution in [3.8, 4) is 10.6 Å². The number of ether oxygens (including phenoxy) is 1. The average molecular weight is 408 g/mol. The number of Topliss-reactive ketones (excluding diaryl/α,β-unsaturated/α-hetero) is 2. The molecule has 0 amide bonds. The summed E-state index contributed by atoms with van der Waals surface area (Å²) in [5.41, 5.74) is 1.43. The van der Waals surface area contributed by atoms with Crippen LogP contribution in [0.1, 0.15) is 29.3 Å². The third-order valence-corrected chi connectivity index (χ3v) is 7.55. The number of hydrogen-bond donors (Lipinski definition) is 0. The Labute approximate surface area is 164 Å². The van der Waals surface area contributed by atoms with Crippen molar-refractivity contribution in [1.82, 2.24) is 4.98 Å². The number of fused-ring (bicyclic) bond motifs is 5. The summed E-state index contributed by atoms with van der Waals surface area (Å²) in [6.07, 6.45) is 1.59. The molecular weight excluding hydrogens is 393 g/mol. The van der Waals surface area contributed by atoms with Crippen molar-refractivity contribution in [3.05, 3.63) is 38.8 Å². The molecule has 5 atom stereocenters. The molecule has 1 saturated carbocycles. The second-order valence-electron chi connectivity index (χ2n) is 7.17. The zero-order valence-electron chi connectivity index (χ0n) is 13.9. The lowest BCUT2D eigenvalue weighted by Crippen LogP contribution is -2.29. The molecule has 1 aromatic carbocycles. The van der Waals surface area contributed by atoms with Gasteiger partial charge in [0.1, 0.15) is 10.9 Å². The van der Waals surface area contributed by atoms with Gasteiger partial charge in [-0.25, -0.2) is 4.98 Å². The highest BCUT2D eigenvalue weighted by Gasteiger charge is 2.63. The van der Waals surface area contributed by atoms with Crippen LogP contribution in [0, 0.1) is 18.8 Å². The van der Waals surface area contributed by atoms with E-state index in [4.69, 9.17) is 27.9 Å². The van der Waals surface area contributed by atoms with Crippen molar-refractivity contribution in [3.63, 3.8) is 0 Å². The Bertz CT molecular complexity index is 928. The lowest BCUT2D eigenvalue weighted by molar-refractivity contribution is -0.127. The average Bonchev–Trinajstić information content (AvgIpc) is 3.35. The monoisotopic (exact) mass is 407 g/mol. The Morgan fingerprint density at radius 1 is 1.08 bits per heavy atom. The maximum atomic E-state index is 13.0. The molecule has 0 spiro atoms. The number of rotatable bonds is 2. The van der Waals surface area contributed by atoms with Gasteiger partial charge in [-0.1, -0.05) is 29.3 Å². The summed E-state index contributed by atoms with van der Waals surface area (Å²) in [4.78, 5) is 31.6. The number of aromatic nitrogens is 1. The van der Waals surface area contributed by atoms with Crippen LogP contribution in [-0.2, 0) is 14.3 Å². The molecule has 134 valence electrons. The Hall–Kier alpha value is -1.27. The summed E-state index contributed by atoms with van der Waals surface area (Å²) in [6.45, 7) is 1.91. The Kier molecular flexibility index (Phi) is 3.80. The van der Waals surface area contributed by atoms with E-state index >= 15 is 0 Å². The molecule has 3 aliphatic rings. The summed E-state index contributed by atoms with van der Waals surface area (Å²) in [7, 11) is 0. The number of halogens is 2. The lowest BCUT2D eigenvalue weighted by Gasteiger charge is -2.16. The SMILES string of the molecule is Cc1sc(-c2ccc(Cl)c(Cl)c2)nc1C1C(=O)[C@@H]2[C@H](C1=O)[C@@H]1CC[C@H]2O1. The van der Waals surface area contributed by atoms with Crippen LogP contribution >= 0.6 is 34.5 Å². The highest BCUT2D eigenvalue weighted by Crippen LogP contribution is 2.52. The molecular formula is C19H15Cl2NO3S. The standard InChI is InChI=1S/C19H15Cl2NO3S/c1-7-16(22-19(26-7)8-2-3-9(20)10(21)6-8)15-17(23)13-11-4-5-12(25-11)14(13)18(15)24/h2-3,6,11-15H,4-5H2,1H3/t11-,12+,13+,14-,15?. The third kappa shape index (κ3) is 2.27. The van der Waals surface area contributed by atoms with Crippen LogP contribution in [-0.4, -0.2) is 28.8 Å². The third-order valence-electron chi connectivity index (χ3n) is 5.77. The Morgan fingerprint density at radius 3 is 2.35 bits per heavy atom. The molecule has 1 aliphatic carbocycles. The summed E-state index contributed by atoms with van der Waals surface area (Å²) in [5, 5.41) is 1.68. The minimum absolute atomic E-state index is 0.0127. The number of ketones is 2. The van der Waals surface area contributed by atoms with Gasteiger partial charge < -0.3 is 4.74 Å². The molecule has 2 saturated heterocycles. The maximum absolute atomic E-state index is 13.0. The Morgan fingerprint density at radius 2 is 1.73 bits per heavy atom. The van der Waals surface area contributed by atoms with E-state index in [9.17, 15) is 9.59 Å². The van der Waals surface area contributed by atoms with Crippen LogP contribution in [0.15, 0.2) is 18.2 Å². The quantitative estimate of drug-likeness (QED) is 0.689. The predicted octanol–water partition coefficient (Wildman–Crippen LogP) is 4.45. The maximum Gasteiger partial charge on any atom is 0.155 e. The summed E-state index contributed by atoms with van der Waals surface area (Å²) in [5.74, 6) is -1.33. The number of carbonyl (C=O) groups is 2. The number of thiazole rings is 1. The molecule has 0 radical (unpaired) electrons.